The van der Waals surface area contributed by atoms with Gasteiger partial charge < -0.3 is 9.80 Å². The van der Waals surface area contributed by atoms with Crippen LogP contribution in [0.4, 0.5) is 0 Å². The quantitative estimate of drug-likeness (QED) is 0.340. The summed E-state index contributed by atoms with van der Waals surface area (Å²) in [5, 5.41) is 0. The van der Waals surface area contributed by atoms with Crippen molar-refractivity contribution in [1.29, 1.82) is 0 Å². The molecule has 10 unspecified atom stereocenters. The molecular weight excluding hydrogens is 521 g/mol. The number of fused-ring (bicyclic) bond motifs is 7. The number of hydrogen-bond acceptors (Lipinski definition) is 3. The fourth-order valence-corrected chi connectivity index (χ4v) is 12.9. The Kier molecular flexibility index (Phi) is 6.40. The van der Waals surface area contributed by atoms with Crippen molar-refractivity contribution >= 4 is 18.1 Å². The van der Waals surface area contributed by atoms with Crippen molar-refractivity contribution in [3.63, 3.8) is 0 Å². The summed E-state index contributed by atoms with van der Waals surface area (Å²) in [6.07, 6.45) is 16.7. The summed E-state index contributed by atoms with van der Waals surface area (Å²) in [7, 11) is 0. The average Bonchev–Trinajstić information content (AvgIpc) is 3.40. The van der Waals surface area contributed by atoms with Gasteiger partial charge >= 0.3 is 0 Å². The first-order chi connectivity index (χ1) is 21.0. The number of aliphatic imine (C=N–C) groups is 1. The Balaban J connectivity index is 1.21. The summed E-state index contributed by atoms with van der Waals surface area (Å²) in [5.74, 6) is 5.40. The normalized spacial score (nSPS) is 39.4. The molecule has 3 aliphatic heterocycles. The van der Waals surface area contributed by atoms with Gasteiger partial charge in [0.25, 0.3) is 0 Å². The highest BCUT2D eigenvalue weighted by Gasteiger charge is 2.65. The Hall–Kier alpha value is -2.23. The van der Waals surface area contributed by atoms with Gasteiger partial charge in [-0.1, -0.05) is 85.1 Å². The number of nitrogens with zero attached hydrogens (tertiary/aromatic N) is 3. The zero-order valence-corrected chi connectivity index (χ0v) is 27.1. The maximum absolute atomic E-state index is 5.79. The fourth-order valence-electron chi connectivity index (χ4n) is 12.9. The van der Waals surface area contributed by atoms with E-state index in [1.54, 1.807) is 22.2 Å². The van der Waals surface area contributed by atoms with Crippen LogP contribution >= 0.6 is 0 Å². The van der Waals surface area contributed by atoms with Crippen LogP contribution in [0.15, 0.2) is 41.4 Å². The van der Waals surface area contributed by atoms with Crippen LogP contribution in [0.1, 0.15) is 111 Å². The third-order valence-electron chi connectivity index (χ3n) is 14.2. The van der Waals surface area contributed by atoms with E-state index in [0.29, 0.717) is 42.6 Å². The largest absolute Gasteiger partial charge is 0.337 e. The lowest BCUT2D eigenvalue weighted by atomic mass is 9.22. The zero-order chi connectivity index (χ0) is 29.0. The van der Waals surface area contributed by atoms with Crippen LogP contribution in [-0.2, 0) is 0 Å². The minimum atomic E-state index is 0.559. The average molecular weight is 574 g/mol. The van der Waals surface area contributed by atoms with E-state index in [-0.39, 0.29) is 0 Å². The van der Waals surface area contributed by atoms with E-state index in [1.165, 1.54) is 94.1 Å². The second-order valence-electron chi connectivity index (χ2n) is 16.1. The number of benzene rings is 2. The van der Waals surface area contributed by atoms with E-state index in [4.69, 9.17) is 4.99 Å². The maximum Gasteiger partial charge on any atom is 0.198 e. The summed E-state index contributed by atoms with van der Waals surface area (Å²) in [5.41, 5.74) is 9.54. The van der Waals surface area contributed by atoms with Gasteiger partial charge in [-0.05, 0) is 113 Å². The summed E-state index contributed by atoms with van der Waals surface area (Å²) in [6, 6.07) is 17.5. The monoisotopic (exact) mass is 573 g/mol. The molecule has 2 aromatic rings. The van der Waals surface area contributed by atoms with Crippen molar-refractivity contribution in [2.75, 3.05) is 0 Å². The van der Waals surface area contributed by atoms with Gasteiger partial charge in [0.15, 0.2) is 12.7 Å². The Morgan fingerprint density at radius 3 is 2.16 bits per heavy atom. The van der Waals surface area contributed by atoms with Gasteiger partial charge in [-0.3, -0.25) is 0 Å². The predicted octanol–water partition coefficient (Wildman–Crippen LogP) is 7.96. The summed E-state index contributed by atoms with van der Waals surface area (Å²) >= 11 is 0. The number of guanidine groups is 1. The van der Waals surface area contributed by atoms with E-state index in [0.717, 1.165) is 23.7 Å². The van der Waals surface area contributed by atoms with E-state index in [2.05, 4.69) is 73.9 Å². The Morgan fingerprint density at radius 1 is 0.651 bits per heavy atom. The van der Waals surface area contributed by atoms with Gasteiger partial charge in [0.05, 0.1) is 12.1 Å². The van der Waals surface area contributed by atoms with Crippen molar-refractivity contribution in [3.8, 4) is 0 Å². The third kappa shape index (κ3) is 3.89. The lowest BCUT2D eigenvalue weighted by Crippen LogP contribution is -2.76. The number of hydrogen-bond donors (Lipinski definition) is 0. The van der Waals surface area contributed by atoms with E-state index in [1.807, 2.05) is 0 Å². The molecule has 0 bridgehead atoms. The molecule has 43 heavy (non-hydrogen) atoms. The van der Waals surface area contributed by atoms with Crippen molar-refractivity contribution in [1.82, 2.24) is 9.80 Å². The van der Waals surface area contributed by atoms with Crippen LogP contribution in [0.3, 0.4) is 0 Å². The topological polar surface area (TPSA) is 18.8 Å². The van der Waals surface area contributed by atoms with Crippen molar-refractivity contribution in [2.24, 2.45) is 16.8 Å². The molecule has 0 aromatic heterocycles. The molecular formula is C39H52BN3. The molecule has 3 heterocycles. The molecule has 226 valence electrons. The molecule has 9 rings (SSSR count). The van der Waals surface area contributed by atoms with Crippen LogP contribution in [-0.4, -0.2) is 52.7 Å². The minimum Gasteiger partial charge on any atom is -0.337 e. The van der Waals surface area contributed by atoms with Crippen LogP contribution in [0, 0.1) is 39.5 Å². The van der Waals surface area contributed by atoms with Crippen LogP contribution in [0.5, 0.6) is 0 Å². The van der Waals surface area contributed by atoms with E-state index >= 15 is 0 Å². The Labute approximate surface area is 261 Å². The molecule has 4 saturated carbocycles. The molecule has 0 amide bonds. The van der Waals surface area contributed by atoms with E-state index in [9.17, 15) is 0 Å². The molecule has 0 spiro atoms. The van der Waals surface area contributed by atoms with Crippen LogP contribution in [0.2, 0.25) is 11.6 Å². The molecule has 7 aliphatic rings. The summed E-state index contributed by atoms with van der Waals surface area (Å²) in [4.78, 5) is 11.9. The first-order valence-corrected chi connectivity index (χ1v) is 18.3. The summed E-state index contributed by atoms with van der Waals surface area (Å²) in [6.45, 7) is 10.3. The van der Waals surface area contributed by atoms with Gasteiger partial charge in [-0.2, -0.15) is 0 Å². The first-order valence-electron chi connectivity index (χ1n) is 18.3. The lowest BCUT2D eigenvalue weighted by Gasteiger charge is -2.68. The highest BCUT2D eigenvalue weighted by Crippen LogP contribution is 2.61. The van der Waals surface area contributed by atoms with Crippen molar-refractivity contribution < 1.29 is 0 Å². The molecule has 4 heteroatoms. The standard InChI is InChI=1S/C39H52BN3/c1-23-10-7-11-24(2)35(23)28-19-21-32-30(22-28)40(37-25(3)12-8-13-26(37)4)29-20-18-27-14-9-17-34-36(27)38(29)43(32)39-41-31-15-5-6-16-33(31)42(34)39/h7-8,10-13,27-34,36,38H,5-6,9,14-22H2,1-4H3. The second kappa shape index (κ2) is 10.1. The number of rotatable bonds is 2. The highest BCUT2D eigenvalue weighted by atomic mass is 15.5. The van der Waals surface area contributed by atoms with Gasteiger partial charge in [-0.25, -0.2) is 4.99 Å². The van der Waals surface area contributed by atoms with Crippen molar-refractivity contribution in [2.45, 2.75) is 153 Å². The molecule has 2 saturated heterocycles. The molecule has 0 N–H and O–H groups in total. The first kappa shape index (κ1) is 27.1. The molecule has 0 radical (unpaired) electrons. The molecule has 6 fully saturated rings. The van der Waals surface area contributed by atoms with Gasteiger partial charge in [-0.15, -0.1) is 0 Å². The predicted molar refractivity (Wildman–Crippen MR) is 180 cm³/mol. The zero-order valence-electron chi connectivity index (χ0n) is 27.1. The lowest BCUT2D eigenvalue weighted by molar-refractivity contribution is -0.0554. The smallest absolute Gasteiger partial charge is 0.198 e. The van der Waals surface area contributed by atoms with E-state index < -0.39 is 0 Å². The minimum absolute atomic E-state index is 0.559. The number of aryl methyl sites for hydroxylation is 4. The molecule has 10 atom stereocenters. The van der Waals surface area contributed by atoms with Gasteiger partial charge in [0, 0.05) is 24.0 Å². The Morgan fingerprint density at radius 2 is 1.37 bits per heavy atom. The van der Waals surface area contributed by atoms with Crippen LogP contribution in [0.25, 0.3) is 0 Å². The molecule has 3 nitrogen and oxygen atoms in total. The second-order valence-corrected chi connectivity index (χ2v) is 16.1. The third-order valence-corrected chi connectivity index (χ3v) is 14.2. The van der Waals surface area contributed by atoms with Gasteiger partial charge in [0.1, 0.15) is 0 Å². The fraction of sp³-hybridized carbons (Fsp3) is 0.667. The van der Waals surface area contributed by atoms with Crippen molar-refractivity contribution in [3.05, 3.63) is 64.2 Å². The SMILES string of the molecule is Cc1cccc(C)c1B1C2CC(c3c(C)cccc3C)CCC2N2C3=NC4CCCCC4N3C3CCCC4CCC1C2C43. The summed E-state index contributed by atoms with van der Waals surface area (Å²) < 4.78 is 0. The maximum atomic E-state index is 5.79. The van der Waals surface area contributed by atoms with Crippen LogP contribution < -0.4 is 5.46 Å². The Bertz CT molecular complexity index is 1410. The van der Waals surface area contributed by atoms with Gasteiger partial charge in [0.2, 0.25) is 0 Å². The highest BCUT2D eigenvalue weighted by molar-refractivity contribution is 6.77. The molecule has 4 aliphatic carbocycles. The molecule has 2 aromatic carbocycles.